The number of hydrogen-bond donors (Lipinski definition) is 1. The van der Waals surface area contributed by atoms with Gasteiger partial charge in [-0.3, -0.25) is 4.79 Å². The van der Waals surface area contributed by atoms with Gasteiger partial charge in [0.2, 0.25) is 5.91 Å². The van der Waals surface area contributed by atoms with Gasteiger partial charge in [-0.25, -0.2) is 4.39 Å². The van der Waals surface area contributed by atoms with Gasteiger partial charge < -0.3 is 10.2 Å². The fraction of sp³-hybridized carbons (Fsp3) is 0.300. The van der Waals surface area contributed by atoms with E-state index in [2.05, 4.69) is 9.71 Å². The molecule has 0 aliphatic carbocycles. The van der Waals surface area contributed by atoms with Crippen LogP contribution in [0.15, 0.2) is 51.8 Å². The summed E-state index contributed by atoms with van der Waals surface area (Å²) in [6.07, 6.45) is 1.45. The van der Waals surface area contributed by atoms with Crippen LogP contribution in [0.2, 0.25) is 0 Å². The maximum Gasteiger partial charge on any atom is 0.285 e. The van der Waals surface area contributed by atoms with Gasteiger partial charge in [-0.1, -0.05) is 12.1 Å². The molecule has 1 saturated heterocycles. The van der Waals surface area contributed by atoms with Crippen LogP contribution in [0.5, 0.6) is 0 Å². The second-order valence-corrected chi connectivity index (χ2v) is 8.69. The van der Waals surface area contributed by atoms with Crippen molar-refractivity contribution in [2.24, 2.45) is 10.3 Å². The van der Waals surface area contributed by atoms with E-state index >= 15 is 0 Å². The third-order valence-corrected chi connectivity index (χ3v) is 6.48. The zero-order valence-corrected chi connectivity index (χ0v) is 16.2. The van der Waals surface area contributed by atoms with E-state index in [1.807, 2.05) is 4.90 Å². The van der Waals surface area contributed by atoms with Crippen molar-refractivity contribution in [2.75, 3.05) is 18.4 Å². The Labute approximate surface area is 163 Å². The van der Waals surface area contributed by atoms with Crippen LogP contribution in [-0.4, -0.2) is 38.2 Å². The number of amidine groups is 1. The summed E-state index contributed by atoms with van der Waals surface area (Å²) in [5.74, 6) is -0.407. The molecule has 146 valence electrons. The van der Waals surface area contributed by atoms with Crippen molar-refractivity contribution in [3.05, 3.63) is 59.4 Å². The highest BCUT2D eigenvalue weighted by Crippen LogP contribution is 2.30. The number of carbonyl (C=O) groups is 1. The third-order valence-electron chi connectivity index (χ3n) is 5.15. The number of piperidine rings is 1. The van der Waals surface area contributed by atoms with E-state index in [-0.39, 0.29) is 22.5 Å². The molecule has 0 saturated carbocycles. The van der Waals surface area contributed by atoms with Gasteiger partial charge in [0.15, 0.2) is 5.84 Å². The van der Waals surface area contributed by atoms with Crippen LogP contribution in [0, 0.1) is 18.7 Å². The molecule has 1 amide bonds. The van der Waals surface area contributed by atoms with Gasteiger partial charge in [0, 0.05) is 24.3 Å². The minimum absolute atomic E-state index is 0.158. The largest absolute Gasteiger partial charge is 0.355 e. The number of nitrogens with one attached hydrogen (secondary N) is 1. The minimum atomic E-state index is -3.69. The highest BCUT2D eigenvalue weighted by molar-refractivity contribution is 7.90. The van der Waals surface area contributed by atoms with Crippen LogP contribution in [0.3, 0.4) is 0 Å². The fourth-order valence-corrected chi connectivity index (χ4v) is 4.93. The molecule has 6 nitrogen and oxygen atoms in total. The lowest BCUT2D eigenvalue weighted by atomic mass is 9.96. The lowest BCUT2D eigenvalue weighted by molar-refractivity contribution is -0.121. The Balaban J connectivity index is 1.53. The first-order valence-electron chi connectivity index (χ1n) is 9.11. The number of sulfonamides is 1. The Hall–Kier alpha value is -2.74. The summed E-state index contributed by atoms with van der Waals surface area (Å²) in [6.45, 7) is 2.76. The average molecular weight is 401 g/mol. The molecule has 0 aromatic heterocycles. The van der Waals surface area contributed by atoms with Crippen LogP contribution >= 0.6 is 0 Å². The topological polar surface area (TPSA) is 78.8 Å². The molecule has 1 fully saturated rings. The Bertz CT molecular complexity index is 1080. The van der Waals surface area contributed by atoms with Crippen LogP contribution in [0.4, 0.5) is 10.1 Å². The number of anilines is 1. The van der Waals surface area contributed by atoms with Gasteiger partial charge in [0.05, 0.1) is 5.92 Å². The van der Waals surface area contributed by atoms with Crippen molar-refractivity contribution in [3.63, 3.8) is 0 Å². The van der Waals surface area contributed by atoms with Crippen molar-refractivity contribution in [1.29, 1.82) is 0 Å². The molecule has 4 rings (SSSR count). The molecule has 2 aromatic carbocycles. The number of fused-ring (bicyclic) bond motifs is 1. The quantitative estimate of drug-likeness (QED) is 0.839. The van der Waals surface area contributed by atoms with Gasteiger partial charge in [0.1, 0.15) is 10.7 Å². The Morgan fingerprint density at radius 3 is 2.82 bits per heavy atom. The summed E-state index contributed by atoms with van der Waals surface area (Å²) in [4.78, 5) is 14.8. The number of halogens is 1. The van der Waals surface area contributed by atoms with Gasteiger partial charge in [-0.05, 0) is 55.7 Å². The molecule has 0 unspecified atom stereocenters. The number of benzene rings is 2. The maximum absolute atomic E-state index is 13.3. The molecule has 1 N–H and O–H groups in total. The number of amides is 1. The molecule has 28 heavy (non-hydrogen) atoms. The maximum atomic E-state index is 13.3. The first kappa shape index (κ1) is 18.6. The van der Waals surface area contributed by atoms with Crippen molar-refractivity contribution in [3.8, 4) is 0 Å². The number of likely N-dealkylation sites (tertiary alicyclic amines) is 1. The summed E-state index contributed by atoms with van der Waals surface area (Å²) in [5, 5.41) is 2.86. The van der Waals surface area contributed by atoms with Gasteiger partial charge in [0.25, 0.3) is 10.0 Å². The van der Waals surface area contributed by atoms with Crippen molar-refractivity contribution < 1.29 is 17.6 Å². The van der Waals surface area contributed by atoms with E-state index in [1.165, 1.54) is 12.1 Å². The Morgan fingerprint density at radius 2 is 2.04 bits per heavy atom. The Morgan fingerprint density at radius 1 is 1.25 bits per heavy atom. The van der Waals surface area contributed by atoms with E-state index in [4.69, 9.17) is 0 Å². The number of nitrogens with zero attached hydrogens (tertiary/aromatic N) is 2. The minimum Gasteiger partial charge on any atom is -0.355 e. The van der Waals surface area contributed by atoms with Gasteiger partial charge in [-0.15, -0.1) is 4.40 Å². The lowest BCUT2D eigenvalue weighted by Gasteiger charge is -2.33. The standard InChI is InChI=1S/C20H20FN3O3S/c1-13-11-15(21)8-9-17(13)22-20(25)14-5-4-10-24(12-14)19-16-6-2-3-7-18(16)28(26,27)23-19/h2-3,6-9,11,14H,4-5,10,12H2,1H3,(H,22,25)/t14-/m1/s1. The molecule has 2 aromatic rings. The van der Waals surface area contributed by atoms with Crippen LogP contribution in [0.1, 0.15) is 24.0 Å². The molecule has 1 atom stereocenters. The monoisotopic (exact) mass is 401 g/mol. The molecule has 2 aliphatic heterocycles. The SMILES string of the molecule is Cc1cc(F)ccc1NC(=O)[C@@H]1CCCN(C2=NS(=O)(=O)c3ccccc32)C1. The zero-order chi connectivity index (χ0) is 19.9. The highest BCUT2D eigenvalue weighted by Gasteiger charge is 2.35. The summed E-state index contributed by atoms with van der Waals surface area (Å²) >= 11 is 0. The lowest BCUT2D eigenvalue weighted by Crippen LogP contribution is -2.43. The number of hydrogen-bond acceptors (Lipinski definition) is 4. The van der Waals surface area contributed by atoms with E-state index in [0.29, 0.717) is 42.2 Å². The number of carbonyl (C=O) groups excluding carboxylic acids is 1. The van der Waals surface area contributed by atoms with Crippen LogP contribution < -0.4 is 5.32 Å². The summed E-state index contributed by atoms with van der Waals surface area (Å²) in [5.41, 5.74) is 1.81. The fourth-order valence-electron chi connectivity index (χ4n) is 3.70. The number of rotatable bonds is 2. The molecule has 0 radical (unpaired) electrons. The van der Waals surface area contributed by atoms with E-state index in [1.54, 1.807) is 37.3 Å². The number of aryl methyl sites for hydroxylation is 1. The molecule has 2 heterocycles. The summed E-state index contributed by atoms with van der Waals surface area (Å²) in [7, 11) is -3.69. The van der Waals surface area contributed by atoms with E-state index in [0.717, 1.165) is 6.42 Å². The first-order valence-corrected chi connectivity index (χ1v) is 10.6. The van der Waals surface area contributed by atoms with Crippen molar-refractivity contribution >= 4 is 27.5 Å². The summed E-state index contributed by atoms with van der Waals surface area (Å²) < 4.78 is 41.8. The third kappa shape index (κ3) is 3.40. The predicted octanol–water partition coefficient (Wildman–Crippen LogP) is 2.93. The van der Waals surface area contributed by atoms with Gasteiger partial charge in [-0.2, -0.15) is 8.42 Å². The van der Waals surface area contributed by atoms with E-state index < -0.39 is 10.0 Å². The molecule has 8 heteroatoms. The van der Waals surface area contributed by atoms with Crippen LogP contribution in [-0.2, 0) is 14.8 Å². The van der Waals surface area contributed by atoms with Crippen molar-refractivity contribution in [2.45, 2.75) is 24.7 Å². The second kappa shape index (κ2) is 7.01. The predicted molar refractivity (Wildman–Crippen MR) is 104 cm³/mol. The average Bonchev–Trinajstić information content (AvgIpc) is 2.96. The second-order valence-electron chi connectivity index (χ2n) is 7.12. The van der Waals surface area contributed by atoms with E-state index in [9.17, 15) is 17.6 Å². The van der Waals surface area contributed by atoms with Crippen molar-refractivity contribution in [1.82, 2.24) is 4.90 Å². The smallest absolute Gasteiger partial charge is 0.285 e. The molecular weight excluding hydrogens is 381 g/mol. The molecule has 0 bridgehead atoms. The zero-order valence-electron chi connectivity index (χ0n) is 15.4. The first-order chi connectivity index (χ1) is 13.3. The molecule has 0 spiro atoms. The molecular formula is C20H20FN3O3S. The van der Waals surface area contributed by atoms with Gasteiger partial charge >= 0.3 is 0 Å². The summed E-state index contributed by atoms with van der Waals surface area (Å²) in [6, 6.07) is 11.0. The van der Waals surface area contributed by atoms with Crippen LogP contribution in [0.25, 0.3) is 0 Å². The normalized spacial score (nSPS) is 20.4. The Kier molecular flexibility index (Phi) is 4.66. The highest BCUT2D eigenvalue weighted by atomic mass is 32.2. The molecule has 2 aliphatic rings.